The maximum Gasteiger partial charge on any atom is 0.330 e. The molecule has 2 N–H and O–H groups in total. The SMILES string of the molecule is C=CC(=O)OCCC1(C(=O)O)CCCC(C(=O)O)C1. The molecule has 0 heterocycles. The maximum absolute atomic E-state index is 11.4. The molecular weight excluding hydrogens is 252 g/mol. The molecule has 1 aliphatic carbocycles. The average Bonchev–Trinajstić information content (AvgIpc) is 2.38. The lowest BCUT2D eigenvalue weighted by Crippen LogP contribution is -2.39. The lowest BCUT2D eigenvalue weighted by atomic mass is 9.68. The summed E-state index contributed by atoms with van der Waals surface area (Å²) >= 11 is 0. The Kier molecular flexibility index (Phi) is 5.09. The summed E-state index contributed by atoms with van der Waals surface area (Å²) in [6.07, 6.45) is 2.69. The second-order valence-electron chi connectivity index (χ2n) is 4.84. The van der Waals surface area contributed by atoms with Crippen LogP contribution in [0.3, 0.4) is 0 Å². The highest BCUT2D eigenvalue weighted by molar-refractivity contribution is 5.81. The van der Waals surface area contributed by atoms with Crippen molar-refractivity contribution < 1.29 is 29.3 Å². The first kappa shape index (κ1) is 15.2. The number of carboxylic acids is 2. The van der Waals surface area contributed by atoms with Crippen molar-refractivity contribution in [2.75, 3.05) is 6.61 Å². The molecule has 106 valence electrons. The van der Waals surface area contributed by atoms with Crippen LogP contribution in [0, 0.1) is 11.3 Å². The first-order valence-electron chi connectivity index (χ1n) is 6.17. The normalized spacial score (nSPS) is 26.4. The van der Waals surface area contributed by atoms with Crippen molar-refractivity contribution in [3.8, 4) is 0 Å². The Hall–Kier alpha value is -1.85. The minimum Gasteiger partial charge on any atom is -0.481 e. The van der Waals surface area contributed by atoms with Crippen LogP contribution in [0.5, 0.6) is 0 Å². The Morgan fingerprint density at radius 1 is 1.37 bits per heavy atom. The maximum atomic E-state index is 11.4. The highest BCUT2D eigenvalue weighted by Gasteiger charge is 2.44. The quantitative estimate of drug-likeness (QED) is 0.559. The monoisotopic (exact) mass is 270 g/mol. The largest absolute Gasteiger partial charge is 0.481 e. The Balaban J connectivity index is 2.68. The van der Waals surface area contributed by atoms with Gasteiger partial charge in [-0.05, 0) is 25.7 Å². The molecule has 0 spiro atoms. The van der Waals surface area contributed by atoms with E-state index in [0.717, 1.165) is 6.08 Å². The van der Waals surface area contributed by atoms with Gasteiger partial charge in [0.15, 0.2) is 0 Å². The molecule has 2 atom stereocenters. The number of carbonyl (C=O) groups is 3. The molecule has 2 unspecified atom stereocenters. The van der Waals surface area contributed by atoms with Crippen molar-refractivity contribution in [1.82, 2.24) is 0 Å². The van der Waals surface area contributed by atoms with Gasteiger partial charge in [-0.25, -0.2) is 4.79 Å². The first-order valence-corrected chi connectivity index (χ1v) is 6.17. The van der Waals surface area contributed by atoms with Crippen LogP contribution in [0.1, 0.15) is 32.1 Å². The van der Waals surface area contributed by atoms with Gasteiger partial charge < -0.3 is 14.9 Å². The van der Waals surface area contributed by atoms with E-state index in [2.05, 4.69) is 6.58 Å². The molecule has 0 aliphatic heterocycles. The number of carboxylic acid groups (broad SMARTS) is 2. The minimum absolute atomic E-state index is 0.0382. The number of esters is 1. The summed E-state index contributed by atoms with van der Waals surface area (Å²) < 4.78 is 4.80. The molecule has 1 rings (SSSR count). The van der Waals surface area contributed by atoms with E-state index in [1.165, 1.54) is 0 Å². The van der Waals surface area contributed by atoms with E-state index >= 15 is 0 Å². The van der Waals surface area contributed by atoms with Crippen molar-refractivity contribution in [2.24, 2.45) is 11.3 Å². The Bertz CT molecular complexity index is 389. The van der Waals surface area contributed by atoms with E-state index < -0.39 is 29.2 Å². The summed E-state index contributed by atoms with van der Waals surface area (Å²) in [7, 11) is 0. The molecular formula is C13H18O6. The summed E-state index contributed by atoms with van der Waals surface area (Å²) in [6, 6.07) is 0. The van der Waals surface area contributed by atoms with Gasteiger partial charge in [-0.3, -0.25) is 9.59 Å². The third-order valence-electron chi connectivity index (χ3n) is 3.64. The molecule has 0 amide bonds. The fraction of sp³-hybridized carbons (Fsp3) is 0.615. The fourth-order valence-electron chi connectivity index (χ4n) is 2.51. The van der Waals surface area contributed by atoms with E-state index in [4.69, 9.17) is 9.84 Å². The lowest BCUT2D eigenvalue weighted by molar-refractivity contribution is -0.158. The summed E-state index contributed by atoms with van der Waals surface area (Å²) in [4.78, 5) is 33.4. The average molecular weight is 270 g/mol. The van der Waals surface area contributed by atoms with Gasteiger partial charge in [0.05, 0.1) is 17.9 Å². The van der Waals surface area contributed by atoms with Gasteiger partial charge in [-0.15, -0.1) is 0 Å². The zero-order valence-electron chi connectivity index (χ0n) is 10.6. The minimum atomic E-state index is -1.11. The van der Waals surface area contributed by atoms with Crippen LogP contribution < -0.4 is 0 Å². The van der Waals surface area contributed by atoms with Gasteiger partial charge in [-0.1, -0.05) is 13.0 Å². The molecule has 6 heteroatoms. The summed E-state index contributed by atoms with van der Waals surface area (Å²) in [6.45, 7) is 3.21. The van der Waals surface area contributed by atoms with E-state index in [1.807, 2.05) is 0 Å². The predicted octanol–water partition coefficient (Wildman–Crippen LogP) is 1.45. The highest BCUT2D eigenvalue weighted by Crippen LogP contribution is 2.42. The standard InChI is InChI=1S/C13H18O6/c1-2-10(14)19-7-6-13(12(17)18)5-3-4-9(8-13)11(15)16/h2,9H,1,3-8H2,(H,15,16)(H,17,18). The summed E-state index contributed by atoms with van der Waals surface area (Å²) in [5.74, 6) is -3.23. The van der Waals surface area contributed by atoms with Crippen molar-refractivity contribution in [2.45, 2.75) is 32.1 Å². The van der Waals surface area contributed by atoms with Crippen LogP contribution in [0.15, 0.2) is 12.7 Å². The van der Waals surface area contributed by atoms with Crippen molar-refractivity contribution in [1.29, 1.82) is 0 Å². The van der Waals surface area contributed by atoms with Gasteiger partial charge in [0.1, 0.15) is 0 Å². The van der Waals surface area contributed by atoms with Gasteiger partial charge in [0, 0.05) is 6.08 Å². The van der Waals surface area contributed by atoms with E-state index in [9.17, 15) is 19.5 Å². The van der Waals surface area contributed by atoms with Gasteiger partial charge in [-0.2, -0.15) is 0 Å². The molecule has 0 radical (unpaired) electrons. The molecule has 1 aliphatic rings. The van der Waals surface area contributed by atoms with E-state index in [-0.39, 0.29) is 19.4 Å². The molecule has 0 aromatic heterocycles. The highest BCUT2D eigenvalue weighted by atomic mass is 16.5. The van der Waals surface area contributed by atoms with Crippen LogP contribution in [0.2, 0.25) is 0 Å². The Morgan fingerprint density at radius 2 is 2.05 bits per heavy atom. The molecule has 0 bridgehead atoms. The lowest BCUT2D eigenvalue weighted by Gasteiger charge is -2.35. The molecule has 0 aromatic carbocycles. The van der Waals surface area contributed by atoms with Crippen molar-refractivity contribution >= 4 is 17.9 Å². The topological polar surface area (TPSA) is 101 Å². The summed E-state index contributed by atoms with van der Waals surface area (Å²) in [5, 5.41) is 18.4. The number of rotatable bonds is 6. The van der Waals surface area contributed by atoms with Crippen LogP contribution in [-0.2, 0) is 19.1 Å². The number of ether oxygens (including phenoxy) is 1. The van der Waals surface area contributed by atoms with Crippen LogP contribution in [0.25, 0.3) is 0 Å². The number of hydrogen-bond acceptors (Lipinski definition) is 4. The number of carbonyl (C=O) groups excluding carboxylic acids is 1. The first-order chi connectivity index (χ1) is 8.91. The van der Waals surface area contributed by atoms with Gasteiger partial charge in [0.2, 0.25) is 0 Å². The molecule has 6 nitrogen and oxygen atoms in total. The third-order valence-corrected chi connectivity index (χ3v) is 3.64. The van der Waals surface area contributed by atoms with Crippen LogP contribution >= 0.6 is 0 Å². The molecule has 1 saturated carbocycles. The Morgan fingerprint density at radius 3 is 2.58 bits per heavy atom. The zero-order valence-corrected chi connectivity index (χ0v) is 10.6. The third kappa shape index (κ3) is 3.81. The predicted molar refractivity (Wildman–Crippen MR) is 65.4 cm³/mol. The molecule has 0 saturated heterocycles. The summed E-state index contributed by atoms with van der Waals surface area (Å²) in [5.41, 5.74) is -1.11. The van der Waals surface area contributed by atoms with Gasteiger partial charge in [0.25, 0.3) is 0 Å². The number of aliphatic carboxylic acids is 2. The van der Waals surface area contributed by atoms with Crippen molar-refractivity contribution in [3.05, 3.63) is 12.7 Å². The van der Waals surface area contributed by atoms with E-state index in [0.29, 0.717) is 19.3 Å². The van der Waals surface area contributed by atoms with Crippen molar-refractivity contribution in [3.63, 3.8) is 0 Å². The second kappa shape index (κ2) is 6.36. The zero-order chi connectivity index (χ0) is 14.5. The van der Waals surface area contributed by atoms with E-state index in [1.54, 1.807) is 0 Å². The van der Waals surface area contributed by atoms with Gasteiger partial charge >= 0.3 is 17.9 Å². The molecule has 0 aromatic rings. The second-order valence-corrected chi connectivity index (χ2v) is 4.84. The van der Waals surface area contributed by atoms with Crippen LogP contribution in [0.4, 0.5) is 0 Å². The number of hydrogen-bond donors (Lipinski definition) is 2. The Labute approximate surface area is 111 Å². The fourth-order valence-corrected chi connectivity index (χ4v) is 2.51. The van der Waals surface area contributed by atoms with Crippen LogP contribution in [-0.4, -0.2) is 34.7 Å². The smallest absolute Gasteiger partial charge is 0.330 e. The molecule has 19 heavy (non-hydrogen) atoms. The molecule has 1 fully saturated rings.